The second kappa shape index (κ2) is 5.34. The van der Waals surface area contributed by atoms with Crippen molar-refractivity contribution in [2.45, 2.75) is 45.6 Å². The molecule has 110 valence electrons. The molecule has 3 unspecified atom stereocenters. The smallest absolute Gasteiger partial charge is 0.126 e. The Morgan fingerprint density at radius 2 is 1.85 bits per heavy atom. The van der Waals surface area contributed by atoms with E-state index in [0.29, 0.717) is 5.92 Å². The molecular weight excluding hydrogens is 314 g/mol. The average Bonchev–Trinajstić information content (AvgIpc) is 3.16. The average molecular weight is 338 g/mol. The number of fused-ring (bicyclic) bond motifs is 1. The zero-order chi connectivity index (χ0) is 14.4. The molecule has 0 radical (unpaired) electrons. The fourth-order valence-corrected chi connectivity index (χ4v) is 4.88. The first kappa shape index (κ1) is 14.4. The number of rotatable bonds is 3. The Bertz CT molecular complexity index is 516. The first-order chi connectivity index (χ1) is 9.56. The maximum Gasteiger partial charge on any atom is 0.126 e. The summed E-state index contributed by atoms with van der Waals surface area (Å²) >= 11 is 3.66. The third kappa shape index (κ3) is 2.19. The van der Waals surface area contributed by atoms with E-state index in [2.05, 4.69) is 35.8 Å². The number of hydrogen-bond acceptors (Lipinski definition) is 2. The summed E-state index contributed by atoms with van der Waals surface area (Å²) < 4.78 is 6.81. The second-order valence-corrected chi connectivity index (χ2v) is 7.32. The van der Waals surface area contributed by atoms with Gasteiger partial charge in [-0.05, 0) is 61.6 Å². The molecule has 0 bridgehead atoms. The predicted molar refractivity (Wildman–Crippen MR) is 86.0 cm³/mol. The predicted octanol–water partition coefficient (Wildman–Crippen LogP) is 4.51. The van der Waals surface area contributed by atoms with Crippen LogP contribution < -0.4 is 10.5 Å². The maximum absolute atomic E-state index is 6.67. The summed E-state index contributed by atoms with van der Waals surface area (Å²) in [6, 6.07) is 2.25. The van der Waals surface area contributed by atoms with Gasteiger partial charge in [0.2, 0.25) is 0 Å². The third-order valence-electron chi connectivity index (χ3n) is 5.38. The number of ether oxygens (including phenoxy) is 1. The van der Waals surface area contributed by atoms with Crippen LogP contribution in [0.1, 0.15) is 48.4 Å². The molecule has 2 fully saturated rings. The maximum atomic E-state index is 6.67. The van der Waals surface area contributed by atoms with E-state index in [1.54, 1.807) is 7.11 Å². The van der Waals surface area contributed by atoms with Crippen molar-refractivity contribution in [3.8, 4) is 5.75 Å². The summed E-state index contributed by atoms with van der Waals surface area (Å²) in [6.45, 7) is 4.24. The quantitative estimate of drug-likeness (QED) is 0.880. The molecule has 2 aliphatic carbocycles. The lowest BCUT2D eigenvalue weighted by atomic mass is 9.93. The number of halogens is 1. The van der Waals surface area contributed by atoms with Gasteiger partial charge in [-0.3, -0.25) is 0 Å². The lowest BCUT2D eigenvalue weighted by Crippen LogP contribution is -2.17. The van der Waals surface area contributed by atoms with Gasteiger partial charge in [-0.1, -0.05) is 28.8 Å². The van der Waals surface area contributed by atoms with Gasteiger partial charge in [0.1, 0.15) is 5.75 Å². The molecule has 0 saturated heterocycles. The normalized spacial score (nSPS) is 29.8. The van der Waals surface area contributed by atoms with Crippen molar-refractivity contribution >= 4 is 15.9 Å². The second-order valence-electron chi connectivity index (χ2n) is 6.46. The highest BCUT2D eigenvalue weighted by atomic mass is 79.9. The molecule has 20 heavy (non-hydrogen) atoms. The van der Waals surface area contributed by atoms with Crippen molar-refractivity contribution in [2.24, 2.45) is 23.5 Å². The summed E-state index contributed by atoms with van der Waals surface area (Å²) in [6.07, 6.45) is 5.52. The molecule has 0 aromatic heterocycles. The molecule has 0 amide bonds. The van der Waals surface area contributed by atoms with E-state index in [0.717, 1.165) is 22.1 Å². The largest absolute Gasteiger partial charge is 0.496 e. The summed E-state index contributed by atoms with van der Waals surface area (Å²) in [5.74, 6) is 3.38. The Morgan fingerprint density at radius 1 is 1.25 bits per heavy atom. The van der Waals surface area contributed by atoms with Crippen molar-refractivity contribution in [2.75, 3.05) is 7.11 Å². The van der Waals surface area contributed by atoms with Crippen LogP contribution in [0.5, 0.6) is 5.75 Å². The highest BCUT2D eigenvalue weighted by Gasteiger charge is 2.54. The molecule has 2 nitrogen and oxygen atoms in total. The molecule has 0 aliphatic heterocycles. The Labute approximate surface area is 130 Å². The Kier molecular flexibility index (Phi) is 3.85. The van der Waals surface area contributed by atoms with E-state index in [1.165, 1.54) is 42.4 Å². The van der Waals surface area contributed by atoms with Gasteiger partial charge >= 0.3 is 0 Å². The molecule has 1 aromatic rings. The molecule has 3 heteroatoms. The number of hydrogen-bond donors (Lipinski definition) is 1. The zero-order valence-corrected chi connectivity index (χ0v) is 14.2. The van der Waals surface area contributed by atoms with Crippen LogP contribution in [0, 0.1) is 31.6 Å². The van der Waals surface area contributed by atoms with Crippen LogP contribution in [0.15, 0.2) is 10.5 Å². The minimum atomic E-state index is 0.120. The van der Waals surface area contributed by atoms with Crippen molar-refractivity contribution in [3.05, 3.63) is 27.2 Å². The lowest BCUT2D eigenvalue weighted by Gasteiger charge is -2.21. The Hall–Kier alpha value is -0.540. The lowest BCUT2D eigenvalue weighted by molar-refractivity contribution is 0.396. The van der Waals surface area contributed by atoms with Crippen molar-refractivity contribution in [1.82, 2.24) is 0 Å². The topological polar surface area (TPSA) is 35.2 Å². The fraction of sp³-hybridized carbons (Fsp3) is 0.647. The Balaban J connectivity index is 1.97. The van der Waals surface area contributed by atoms with Crippen LogP contribution >= 0.6 is 15.9 Å². The van der Waals surface area contributed by atoms with Crippen molar-refractivity contribution in [3.63, 3.8) is 0 Å². The van der Waals surface area contributed by atoms with Crippen LogP contribution in [0.25, 0.3) is 0 Å². The number of aryl methyl sites for hydroxylation is 1. The molecule has 2 N–H and O–H groups in total. The van der Waals surface area contributed by atoms with Gasteiger partial charge in [-0.2, -0.15) is 0 Å². The van der Waals surface area contributed by atoms with Gasteiger partial charge in [-0.25, -0.2) is 0 Å². The van der Waals surface area contributed by atoms with Crippen molar-refractivity contribution < 1.29 is 4.74 Å². The van der Waals surface area contributed by atoms with Gasteiger partial charge in [0.15, 0.2) is 0 Å². The Morgan fingerprint density at radius 3 is 2.40 bits per heavy atom. The van der Waals surface area contributed by atoms with E-state index in [4.69, 9.17) is 10.5 Å². The summed E-state index contributed by atoms with van der Waals surface area (Å²) in [5.41, 5.74) is 10.3. The van der Waals surface area contributed by atoms with E-state index < -0.39 is 0 Å². The zero-order valence-electron chi connectivity index (χ0n) is 12.6. The monoisotopic (exact) mass is 337 g/mol. The molecule has 0 heterocycles. The molecule has 0 spiro atoms. The summed E-state index contributed by atoms with van der Waals surface area (Å²) in [7, 11) is 1.76. The van der Waals surface area contributed by atoms with Crippen LogP contribution in [0.3, 0.4) is 0 Å². The van der Waals surface area contributed by atoms with Crippen LogP contribution in [-0.2, 0) is 0 Å². The van der Waals surface area contributed by atoms with Crippen molar-refractivity contribution in [1.29, 1.82) is 0 Å². The number of benzene rings is 1. The molecule has 2 aliphatic rings. The molecule has 3 atom stereocenters. The van der Waals surface area contributed by atoms with E-state index in [-0.39, 0.29) is 6.04 Å². The SMILES string of the molecule is COc1c(C)cc(Br)c(C)c1C(N)C1C2CCCCC21. The van der Waals surface area contributed by atoms with Crippen LogP contribution in [-0.4, -0.2) is 7.11 Å². The number of nitrogens with two attached hydrogens (primary N) is 1. The minimum absolute atomic E-state index is 0.120. The van der Waals surface area contributed by atoms with Gasteiger partial charge in [0, 0.05) is 16.1 Å². The third-order valence-corrected chi connectivity index (χ3v) is 6.21. The van der Waals surface area contributed by atoms with E-state index >= 15 is 0 Å². The van der Waals surface area contributed by atoms with Gasteiger partial charge in [0.25, 0.3) is 0 Å². The van der Waals surface area contributed by atoms with E-state index in [1.807, 2.05) is 0 Å². The summed E-state index contributed by atoms with van der Waals surface area (Å²) in [5, 5.41) is 0. The summed E-state index contributed by atoms with van der Waals surface area (Å²) in [4.78, 5) is 0. The van der Waals surface area contributed by atoms with E-state index in [9.17, 15) is 0 Å². The molecular formula is C17H24BrNO. The molecule has 1 aromatic carbocycles. The first-order valence-corrected chi connectivity index (χ1v) is 8.44. The van der Waals surface area contributed by atoms with Gasteiger partial charge < -0.3 is 10.5 Å². The first-order valence-electron chi connectivity index (χ1n) is 7.65. The molecule has 3 rings (SSSR count). The van der Waals surface area contributed by atoms with Gasteiger partial charge in [-0.15, -0.1) is 0 Å². The standard InChI is InChI=1S/C17H24BrNO/c1-9-8-13(18)10(2)14(17(9)20-3)16(19)15-11-6-4-5-7-12(11)15/h8,11-12,15-16H,4-7,19H2,1-3H3. The highest BCUT2D eigenvalue weighted by molar-refractivity contribution is 9.10. The van der Waals surface area contributed by atoms with Gasteiger partial charge in [0.05, 0.1) is 7.11 Å². The van der Waals surface area contributed by atoms with Crippen LogP contribution in [0.2, 0.25) is 0 Å². The highest BCUT2D eigenvalue weighted by Crippen LogP contribution is 2.60. The number of methoxy groups -OCH3 is 1. The fourth-order valence-electron chi connectivity index (χ4n) is 4.32. The van der Waals surface area contributed by atoms with Crippen LogP contribution in [0.4, 0.5) is 0 Å². The minimum Gasteiger partial charge on any atom is -0.496 e. The molecule has 2 saturated carbocycles.